The fourth-order valence-electron chi connectivity index (χ4n) is 9.78. The molecule has 3 N–H and O–H groups in total. The predicted molar refractivity (Wildman–Crippen MR) is 310 cm³/mol. The number of ether oxygens (including phenoxy) is 1. The monoisotopic (exact) mass is 998 g/mol. The van der Waals surface area contributed by atoms with E-state index < -0.39 is 12.1 Å². The maximum Gasteiger partial charge on any atom is 0.305 e. The van der Waals surface area contributed by atoms with Gasteiger partial charge in [0.2, 0.25) is 5.91 Å². The Morgan fingerprint density at radius 3 is 1.08 bits per heavy atom. The molecule has 0 aromatic heterocycles. The van der Waals surface area contributed by atoms with Crippen LogP contribution in [-0.2, 0) is 14.3 Å². The molecule has 0 heterocycles. The van der Waals surface area contributed by atoms with Gasteiger partial charge < -0.3 is 20.3 Å². The molecule has 0 aromatic rings. The highest BCUT2D eigenvalue weighted by atomic mass is 16.5. The molecule has 1 amide bonds. The molecule has 0 saturated carbocycles. The smallest absolute Gasteiger partial charge is 0.305 e. The summed E-state index contributed by atoms with van der Waals surface area (Å²) in [6.45, 7) is 4.89. The molecule has 6 nitrogen and oxygen atoms in total. The van der Waals surface area contributed by atoms with Crippen LogP contribution in [-0.4, -0.2) is 47.4 Å². The minimum atomic E-state index is -0.843. The first-order valence-electron chi connectivity index (χ1n) is 31.8. The second-order valence-electron chi connectivity index (χ2n) is 21.7. The molecule has 0 aromatic carbocycles. The standard InChI is InChI=1S/C65H123NO5/c1-3-5-7-9-11-13-15-17-19-31-35-39-43-47-51-55-59-65(70)71-60-56-52-48-44-40-36-32-29-27-25-23-21-20-22-24-26-28-30-34-38-42-46-50-54-58-64(69)66-62(61-67)63(68)57-53-49-45-41-37-33-18-16-14-12-10-8-6-4-2/h13,15,19,31,53,57,62-63,67-68H,3-12,14,16-18,20-30,32-52,54-56,58-61H2,1-2H3,(H,66,69)/b15-13-,31-19-,57-53+. The van der Waals surface area contributed by atoms with Gasteiger partial charge in [0.15, 0.2) is 0 Å². The highest BCUT2D eigenvalue weighted by Gasteiger charge is 2.18. The summed E-state index contributed by atoms with van der Waals surface area (Å²) < 4.78 is 5.48. The van der Waals surface area contributed by atoms with Crippen molar-refractivity contribution in [2.24, 2.45) is 0 Å². The molecule has 0 spiro atoms. The molecular weight excluding hydrogens is 875 g/mol. The molecule has 2 unspecified atom stereocenters. The van der Waals surface area contributed by atoms with Crippen LogP contribution in [0, 0.1) is 0 Å². The Morgan fingerprint density at radius 1 is 0.394 bits per heavy atom. The van der Waals surface area contributed by atoms with Crippen LogP contribution in [0.1, 0.15) is 341 Å². The van der Waals surface area contributed by atoms with E-state index in [2.05, 4.69) is 43.5 Å². The van der Waals surface area contributed by atoms with Crippen LogP contribution in [0.15, 0.2) is 36.5 Å². The third kappa shape index (κ3) is 57.2. The van der Waals surface area contributed by atoms with Crippen molar-refractivity contribution in [3.8, 4) is 0 Å². The number of hydrogen-bond acceptors (Lipinski definition) is 5. The molecule has 71 heavy (non-hydrogen) atoms. The topological polar surface area (TPSA) is 95.9 Å². The molecule has 0 fully saturated rings. The van der Waals surface area contributed by atoms with Crippen LogP contribution < -0.4 is 5.32 Å². The van der Waals surface area contributed by atoms with Crippen molar-refractivity contribution < 1.29 is 24.5 Å². The van der Waals surface area contributed by atoms with Crippen LogP contribution in [0.3, 0.4) is 0 Å². The number of hydrogen-bond donors (Lipinski definition) is 3. The van der Waals surface area contributed by atoms with Gasteiger partial charge in [0, 0.05) is 12.8 Å². The largest absolute Gasteiger partial charge is 0.466 e. The van der Waals surface area contributed by atoms with Gasteiger partial charge in [-0.25, -0.2) is 0 Å². The number of unbranched alkanes of at least 4 members (excludes halogenated alkanes) is 44. The van der Waals surface area contributed by atoms with Gasteiger partial charge >= 0.3 is 5.97 Å². The normalized spacial score (nSPS) is 12.8. The van der Waals surface area contributed by atoms with E-state index in [1.165, 1.54) is 263 Å². The maximum absolute atomic E-state index is 12.5. The second kappa shape index (κ2) is 60.6. The van der Waals surface area contributed by atoms with Crippen LogP contribution in [0.5, 0.6) is 0 Å². The summed E-state index contributed by atoms with van der Waals surface area (Å²) in [6, 6.07) is -0.627. The first kappa shape index (κ1) is 69.1. The highest BCUT2D eigenvalue weighted by Crippen LogP contribution is 2.18. The lowest BCUT2D eigenvalue weighted by Gasteiger charge is -2.20. The van der Waals surface area contributed by atoms with E-state index in [0.717, 1.165) is 51.4 Å². The van der Waals surface area contributed by atoms with E-state index in [4.69, 9.17) is 4.74 Å². The summed E-state index contributed by atoms with van der Waals surface area (Å²) in [5.74, 6) is -0.0645. The van der Waals surface area contributed by atoms with Gasteiger partial charge in [0.05, 0.1) is 25.4 Å². The van der Waals surface area contributed by atoms with Crippen LogP contribution in [0.4, 0.5) is 0 Å². The molecule has 0 aliphatic carbocycles. The predicted octanol–water partition coefficient (Wildman–Crippen LogP) is 20.0. The number of carbonyl (C=O) groups is 2. The van der Waals surface area contributed by atoms with Crippen LogP contribution in [0.25, 0.3) is 0 Å². The SMILES string of the molecule is CCCCCC/C=C\C/C=C\CCCCCCCC(=O)OCCCCCCCCCCCCCCCCCCCCCCCCCCC(=O)NC(CO)C(O)/C=C/CCCCCCCCCCCCCC. The first-order valence-corrected chi connectivity index (χ1v) is 31.8. The molecule has 418 valence electrons. The lowest BCUT2D eigenvalue weighted by molar-refractivity contribution is -0.143. The van der Waals surface area contributed by atoms with Crippen molar-refractivity contribution in [1.29, 1.82) is 0 Å². The number of amides is 1. The maximum atomic E-state index is 12.5. The summed E-state index contributed by atoms with van der Waals surface area (Å²) in [5, 5.41) is 23.1. The summed E-state index contributed by atoms with van der Waals surface area (Å²) in [4.78, 5) is 24.5. The van der Waals surface area contributed by atoms with E-state index in [9.17, 15) is 19.8 Å². The summed E-state index contributed by atoms with van der Waals surface area (Å²) in [6.07, 6.45) is 76.2. The highest BCUT2D eigenvalue weighted by molar-refractivity contribution is 5.76. The van der Waals surface area contributed by atoms with E-state index in [0.29, 0.717) is 19.4 Å². The van der Waals surface area contributed by atoms with Gasteiger partial charge in [-0.05, 0) is 64.2 Å². The number of esters is 1. The fraction of sp³-hybridized carbons (Fsp3) is 0.877. The molecule has 2 atom stereocenters. The Hall–Kier alpha value is -1.92. The van der Waals surface area contributed by atoms with Crippen molar-refractivity contribution in [3.05, 3.63) is 36.5 Å². The molecule has 6 heteroatoms. The van der Waals surface area contributed by atoms with Crippen LogP contribution in [0.2, 0.25) is 0 Å². The number of aliphatic hydroxyl groups is 2. The van der Waals surface area contributed by atoms with Gasteiger partial charge in [0.25, 0.3) is 0 Å². The van der Waals surface area contributed by atoms with Crippen LogP contribution >= 0.6 is 0 Å². The number of carbonyl (C=O) groups excluding carboxylic acids is 2. The number of allylic oxidation sites excluding steroid dienone is 5. The third-order valence-electron chi connectivity index (χ3n) is 14.7. The zero-order valence-electron chi connectivity index (χ0n) is 47.7. The lowest BCUT2D eigenvalue weighted by Crippen LogP contribution is -2.45. The second-order valence-corrected chi connectivity index (χ2v) is 21.7. The minimum absolute atomic E-state index is 0.00154. The zero-order chi connectivity index (χ0) is 51.4. The zero-order valence-corrected chi connectivity index (χ0v) is 47.7. The molecule has 0 aliphatic rings. The summed E-state index contributed by atoms with van der Waals surface area (Å²) in [7, 11) is 0. The first-order chi connectivity index (χ1) is 35.0. The molecule has 0 aliphatic heterocycles. The minimum Gasteiger partial charge on any atom is -0.466 e. The van der Waals surface area contributed by atoms with Crippen molar-refractivity contribution in [2.45, 2.75) is 353 Å². The Bertz CT molecular complexity index is 1150. The van der Waals surface area contributed by atoms with Crippen molar-refractivity contribution in [1.82, 2.24) is 5.32 Å². The van der Waals surface area contributed by atoms with E-state index in [-0.39, 0.29) is 18.5 Å². The molecule has 0 radical (unpaired) electrons. The van der Waals surface area contributed by atoms with Gasteiger partial charge in [-0.15, -0.1) is 0 Å². The Kier molecular flexibility index (Phi) is 59.0. The Morgan fingerprint density at radius 2 is 0.704 bits per heavy atom. The quantitative estimate of drug-likeness (QED) is 0.0321. The average molecular weight is 999 g/mol. The van der Waals surface area contributed by atoms with E-state index in [1.54, 1.807) is 6.08 Å². The van der Waals surface area contributed by atoms with Gasteiger partial charge in [0.1, 0.15) is 0 Å². The molecule has 0 rings (SSSR count). The van der Waals surface area contributed by atoms with Crippen molar-refractivity contribution >= 4 is 11.9 Å². The summed E-state index contributed by atoms with van der Waals surface area (Å²) in [5.41, 5.74) is 0. The Balaban J connectivity index is 3.38. The summed E-state index contributed by atoms with van der Waals surface area (Å²) >= 11 is 0. The van der Waals surface area contributed by atoms with Gasteiger partial charge in [-0.2, -0.15) is 0 Å². The molecule has 0 bridgehead atoms. The fourth-order valence-corrected chi connectivity index (χ4v) is 9.78. The van der Waals surface area contributed by atoms with E-state index in [1.807, 2.05) is 6.08 Å². The van der Waals surface area contributed by atoms with Crippen molar-refractivity contribution in [3.63, 3.8) is 0 Å². The lowest BCUT2D eigenvalue weighted by atomic mass is 10.0. The van der Waals surface area contributed by atoms with Gasteiger partial charge in [-0.3, -0.25) is 9.59 Å². The van der Waals surface area contributed by atoms with E-state index >= 15 is 0 Å². The number of nitrogens with one attached hydrogen (secondary N) is 1. The number of rotatable bonds is 59. The third-order valence-corrected chi connectivity index (χ3v) is 14.7. The van der Waals surface area contributed by atoms with Crippen molar-refractivity contribution in [2.75, 3.05) is 13.2 Å². The Labute approximate surface area is 443 Å². The molecule has 0 saturated heterocycles. The van der Waals surface area contributed by atoms with Gasteiger partial charge in [-0.1, -0.05) is 301 Å². The number of aliphatic hydroxyl groups excluding tert-OH is 2. The molecular formula is C65H123NO5. The average Bonchev–Trinajstić information content (AvgIpc) is 3.37.